The molecule has 0 aliphatic rings. The average Bonchev–Trinajstić information content (AvgIpc) is 2.72. The molecule has 0 fully saturated rings. The van der Waals surface area contributed by atoms with E-state index in [2.05, 4.69) is 10.3 Å². The van der Waals surface area contributed by atoms with E-state index >= 15 is 0 Å². The molecule has 0 unspecified atom stereocenters. The fourth-order valence-electron chi connectivity index (χ4n) is 2.83. The number of hydrogen-bond donors (Lipinski definition) is 5. The van der Waals surface area contributed by atoms with Crippen LogP contribution < -0.4 is 33.0 Å². The van der Waals surface area contributed by atoms with E-state index in [9.17, 15) is 9.59 Å². The van der Waals surface area contributed by atoms with Crippen molar-refractivity contribution in [1.82, 2.24) is 5.32 Å². The smallest absolute Gasteiger partial charge is 0.252 e. The maximum atomic E-state index is 12.6. The number of primary amides is 1. The molecule has 0 heterocycles. The molecule has 0 aliphatic heterocycles. The molecule has 172 valence electrons. The predicted octanol–water partition coefficient (Wildman–Crippen LogP) is 1.83. The summed E-state index contributed by atoms with van der Waals surface area (Å²) in [5.41, 5.74) is 23.4. The summed E-state index contributed by atoms with van der Waals surface area (Å²) >= 11 is 12.1. The number of guanidine groups is 1. The number of rotatable bonds is 11. The Balaban J connectivity index is 1.99. The van der Waals surface area contributed by atoms with Gasteiger partial charge in [-0.2, -0.15) is 0 Å². The third-order valence-corrected chi connectivity index (χ3v) is 5.10. The minimum absolute atomic E-state index is 0.0441. The molecule has 2 amide bonds. The number of hydrogen-bond acceptors (Lipinski definition) is 5. The van der Waals surface area contributed by atoms with Crippen LogP contribution in [0.3, 0.4) is 0 Å². The minimum Gasteiger partial charge on any atom is -0.491 e. The average molecular weight is 481 g/mol. The summed E-state index contributed by atoms with van der Waals surface area (Å²) in [5.74, 6) is -0.848. The fraction of sp³-hybridized carbons (Fsp3) is 0.286. The van der Waals surface area contributed by atoms with Crippen LogP contribution in [0.5, 0.6) is 5.75 Å². The molecule has 1 atom stereocenters. The molecule has 32 heavy (non-hydrogen) atoms. The molecule has 0 saturated carbocycles. The minimum atomic E-state index is -0.870. The number of anilines is 1. The predicted molar refractivity (Wildman–Crippen MR) is 127 cm³/mol. The normalized spacial score (nSPS) is 11.4. The lowest BCUT2D eigenvalue weighted by atomic mass is 10.1. The fourth-order valence-corrected chi connectivity index (χ4v) is 3.33. The highest BCUT2D eigenvalue weighted by Crippen LogP contribution is 2.25. The quantitative estimate of drug-likeness (QED) is 0.142. The van der Waals surface area contributed by atoms with Gasteiger partial charge in [0.05, 0.1) is 12.3 Å². The van der Waals surface area contributed by atoms with E-state index in [1.807, 2.05) is 6.07 Å². The molecule has 0 spiro atoms. The molecule has 2 aromatic carbocycles. The van der Waals surface area contributed by atoms with Crippen LogP contribution in [0.1, 0.15) is 28.8 Å². The van der Waals surface area contributed by atoms with Gasteiger partial charge < -0.3 is 33.0 Å². The Morgan fingerprint density at radius 3 is 2.50 bits per heavy atom. The molecular formula is C21H26Cl2N6O3. The van der Waals surface area contributed by atoms with E-state index in [1.54, 1.807) is 18.2 Å². The van der Waals surface area contributed by atoms with E-state index in [1.165, 1.54) is 12.1 Å². The van der Waals surface area contributed by atoms with Gasteiger partial charge in [0.1, 0.15) is 11.8 Å². The van der Waals surface area contributed by atoms with E-state index in [-0.39, 0.29) is 24.6 Å². The summed E-state index contributed by atoms with van der Waals surface area (Å²) < 4.78 is 5.74. The van der Waals surface area contributed by atoms with E-state index in [4.69, 9.17) is 50.9 Å². The lowest BCUT2D eigenvalue weighted by Gasteiger charge is -2.16. The van der Waals surface area contributed by atoms with Crippen LogP contribution in [0, 0.1) is 0 Å². The zero-order valence-electron chi connectivity index (χ0n) is 17.3. The van der Waals surface area contributed by atoms with Crippen molar-refractivity contribution in [3.05, 3.63) is 57.6 Å². The van der Waals surface area contributed by atoms with Gasteiger partial charge in [-0.3, -0.25) is 14.6 Å². The van der Waals surface area contributed by atoms with Gasteiger partial charge in [0.15, 0.2) is 5.96 Å². The maximum Gasteiger partial charge on any atom is 0.252 e. The largest absolute Gasteiger partial charge is 0.491 e. The molecule has 2 aromatic rings. The van der Waals surface area contributed by atoms with Crippen LogP contribution in [-0.2, 0) is 11.2 Å². The zero-order valence-corrected chi connectivity index (χ0v) is 18.8. The van der Waals surface area contributed by atoms with Crippen molar-refractivity contribution in [2.75, 3.05) is 18.9 Å². The highest BCUT2D eigenvalue weighted by atomic mass is 35.5. The van der Waals surface area contributed by atoms with Crippen LogP contribution >= 0.6 is 23.2 Å². The number of nitrogens with one attached hydrogen (secondary N) is 1. The first-order valence-electron chi connectivity index (χ1n) is 9.79. The number of carbonyl (C=O) groups excluding carboxylic acids is 2. The Kier molecular flexibility index (Phi) is 9.42. The topological polar surface area (TPSA) is 172 Å². The van der Waals surface area contributed by atoms with Crippen LogP contribution in [0.25, 0.3) is 0 Å². The molecule has 0 bridgehead atoms. The molecular weight excluding hydrogens is 455 g/mol. The Morgan fingerprint density at radius 1 is 1.09 bits per heavy atom. The highest BCUT2D eigenvalue weighted by molar-refractivity contribution is 6.35. The first-order valence-corrected chi connectivity index (χ1v) is 10.5. The first-order chi connectivity index (χ1) is 15.2. The molecule has 0 aromatic heterocycles. The van der Waals surface area contributed by atoms with Gasteiger partial charge in [0.2, 0.25) is 5.91 Å². The number of benzene rings is 2. The second kappa shape index (κ2) is 12.0. The second-order valence-electron chi connectivity index (χ2n) is 6.96. The Labute approximate surface area is 196 Å². The molecule has 9 N–H and O–H groups in total. The Hall–Kier alpha value is -3.17. The van der Waals surface area contributed by atoms with Crippen molar-refractivity contribution < 1.29 is 14.3 Å². The lowest BCUT2D eigenvalue weighted by molar-refractivity contribution is -0.120. The van der Waals surface area contributed by atoms with E-state index in [0.29, 0.717) is 40.9 Å². The SMILES string of the molecule is NC(=O)[C@H](CCCN=C(N)N)NC(=O)c1ccc(N)c(OCCc2ccc(Cl)cc2Cl)c1. The van der Waals surface area contributed by atoms with Gasteiger partial charge >= 0.3 is 0 Å². The summed E-state index contributed by atoms with van der Waals surface area (Å²) in [4.78, 5) is 28.2. The summed E-state index contributed by atoms with van der Waals surface area (Å²) in [6.07, 6.45) is 1.28. The standard InChI is InChI=1S/C21H26Cl2N6O3/c22-14-5-3-12(15(23)11-14)7-9-32-18-10-13(4-6-16(18)24)20(31)29-17(19(25)30)2-1-8-28-21(26)27/h3-6,10-11,17H,1-2,7-9,24H2,(H2,25,30)(H,29,31)(H4,26,27,28)/t17-/m0/s1. The van der Waals surface area contributed by atoms with Crippen molar-refractivity contribution in [2.24, 2.45) is 22.2 Å². The van der Waals surface area contributed by atoms with Gasteiger partial charge in [-0.05, 0) is 48.7 Å². The van der Waals surface area contributed by atoms with Gasteiger partial charge in [-0.15, -0.1) is 0 Å². The van der Waals surface area contributed by atoms with Crippen molar-refractivity contribution in [2.45, 2.75) is 25.3 Å². The first kappa shape index (κ1) is 25.1. The van der Waals surface area contributed by atoms with Gasteiger partial charge in [-0.25, -0.2) is 0 Å². The number of carbonyl (C=O) groups is 2. The van der Waals surface area contributed by atoms with Gasteiger partial charge in [0, 0.05) is 28.6 Å². The number of halogens is 2. The molecule has 0 radical (unpaired) electrons. The molecule has 2 rings (SSSR count). The van der Waals surface area contributed by atoms with Crippen LogP contribution in [-0.4, -0.2) is 37.0 Å². The van der Waals surface area contributed by atoms with Gasteiger partial charge in [0.25, 0.3) is 5.91 Å². The monoisotopic (exact) mass is 480 g/mol. The maximum absolute atomic E-state index is 12.6. The summed E-state index contributed by atoms with van der Waals surface area (Å²) in [7, 11) is 0. The molecule has 0 aliphatic carbocycles. The van der Waals surface area contributed by atoms with Crippen LogP contribution in [0.4, 0.5) is 5.69 Å². The Morgan fingerprint density at radius 2 is 1.84 bits per heavy atom. The number of ether oxygens (including phenoxy) is 1. The Bertz CT molecular complexity index is 995. The van der Waals surface area contributed by atoms with E-state index < -0.39 is 17.9 Å². The number of nitrogen functional groups attached to an aromatic ring is 1. The highest BCUT2D eigenvalue weighted by Gasteiger charge is 2.19. The van der Waals surface area contributed by atoms with Crippen molar-refractivity contribution in [1.29, 1.82) is 0 Å². The number of nitrogens with two attached hydrogens (primary N) is 4. The van der Waals surface area contributed by atoms with Gasteiger partial charge in [-0.1, -0.05) is 29.3 Å². The zero-order chi connectivity index (χ0) is 23.7. The lowest BCUT2D eigenvalue weighted by Crippen LogP contribution is -2.44. The summed E-state index contributed by atoms with van der Waals surface area (Å²) in [5, 5.41) is 3.70. The van der Waals surface area contributed by atoms with Crippen molar-refractivity contribution in [3.8, 4) is 5.75 Å². The number of nitrogens with zero attached hydrogens (tertiary/aromatic N) is 1. The molecule has 9 nitrogen and oxygen atoms in total. The van der Waals surface area contributed by atoms with Crippen molar-refractivity contribution in [3.63, 3.8) is 0 Å². The van der Waals surface area contributed by atoms with Crippen LogP contribution in [0.15, 0.2) is 41.4 Å². The molecule has 0 saturated heterocycles. The number of aliphatic imine (C=N–C) groups is 1. The second-order valence-corrected chi connectivity index (χ2v) is 7.81. The third-order valence-electron chi connectivity index (χ3n) is 4.51. The summed E-state index contributed by atoms with van der Waals surface area (Å²) in [6.45, 7) is 0.602. The van der Waals surface area contributed by atoms with Crippen molar-refractivity contribution >= 4 is 46.7 Å². The van der Waals surface area contributed by atoms with E-state index in [0.717, 1.165) is 5.56 Å². The molecule has 11 heteroatoms. The third kappa shape index (κ3) is 7.82. The van der Waals surface area contributed by atoms with Crippen LogP contribution in [0.2, 0.25) is 10.0 Å². The number of amides is 2. The summed E-state index contributed by atoms with van der Waals surface area (Å²) in [6, 6.07) is 8.94.